The van der Waals surface area contributed by atoms with Crippen LogP contribution in [0.3, 0.4) is 0 Å². The van der Waals surface area contributed by atoms with Crippen LogP contribution in [0.15, 0.2) is 30.3 Å². The van der Waals surface area contributed by atoms with Crippen LogP contribution in [0.5, 0.6) is 0 Å². The molecule has 0 fully saturated rings. The van der Waals surface area contributed by atoms with Crippen LogP contribution in [0.1, 0.15) is 18.9 Å². The quantitative estimate of drug-likeness (QED) is 0.389. The zero-order chi connectivity index (χ0) is 14.1. The van der Waals surface area contributed by atoms with Gasteiger partial charge in [-0.15, -0.1) is 0 Å². The van der Waals surface area contributed by atoms with Gasteiger partial charge in [-0.25, -0.2) is 0 Å². The van der Waals surface area contributed by atoms with Crippen molar-refractivity contribution in [3.05, 3.63) is 46.0 Å². The molecule has 1 atom stereocenters. The summed E-state index contributed by atoms with van der Waals surface area (Å²) in [7, 11) is 0. The van der Waals surface area contributed by atoms with Crippen molar-refractivity contribution >= 4 is 6.29 Å². The van der Waals surface area contributed by atoms with E-state index in [1.54, 1.807) is 0 Å². The molecule has 5 nitrogen and oxygen atoms in total. The number of nitrogens with zero attached hydrogens (tertiary/aromatic N) is 2. The Kier molecular flexibility index (Phi) is 6.74. The summed E-state index contributed by atoms with van der Waals surface area (Å²) in [5.74, 6) is 0.0277. The number of nitro groups is 1. The molecule has 0 amide bonds. The van der Waals surface area contributed by atoms with E-state index in [0.29, 0.717) is 19.6 Å². The predicted octanol–water partition coefficient (Wildman–Crippen LogP) is 1.99. The lowest BCUT2D eigenvalue weighted by Crippen LogP contribution is -2.28. The van der Waals surface area contributed by atoms with Gasteiger partial charge < -0.3 is 4.79 Å². The largest absolute Gasteiger partial charge is 0.302 e. The summed E-state index contributed by atoms with van der Waals surface area (Å²) in [5.41, 5.74) is 1.14. The second kappa shape index (κ2) is 8.37. The highest BCUT2D eigenvalue weighted by Gasteiger charge is 2.12. The SMILES string of the molecule is CC(CCN(CC=O)Cc1ccccc1)C[N+](=O)[O-]. The Balaban J connectivity index is 2.44. The molecule has 0 aliphatic rings. The number of rotatable bonds is 9. The maximum absolute atomic E-state index is 10.7. The maximum atomic E-state index is 10.7. The lowest BCUT2D eigenvalue weighted by atomic mass is 10.1. The third-order valence-electron chi connectivity index (χ3n) is 2.98. The van der Waals surface area contributed by atoms with Gasteiger partial charge in [0, 0.05) is 17.4 Å². The van der Waals surface area contributed by atoms with Gasteiger partial charge in [-0.1, -0.05) is 37.3 Å². The van der Waals surface area contributed by atoms with Crippen LogP contribution in [0.4, 0.5) is 0 Å². The minimum absolute atomic E-state index is 0.0136. The fourth-order valence-corrected chi connectivity index (χ4v) is 1.93. The van der Waals surface area contributed by atoms with E-state index in [2.05, 4.69) is 0 Å². The van der Waals surface area contributed by atoms with E-state index in [-0.39, 0.29) is 17.4 Å². The van der Waals surface area contributed by atoms with Crippen molar-refractivity contribution in [2.75, 3.05) is 19.6 Å². The van der Waals surface area contributed by atoms with Crippen molar-refractivity contribution in [2.24, 2.45) is 5.92 Å². The van der Waals surface area contributed by atoms with Crippen molar-refractivity contribution in [1.82, 2.24) is 4.90 Å². The molecule has 0 aliphatic carbocycles. The Labute approximate surface area is 113 Å². The van der Waals surface area contributed by atoms with Crippen LogP contribution >= 0.6 is 0 Å². The predicted molar refractivity (Wildman–Crippen MR) is 73.4 cm³/mol. The van der Waals surface area contributed by atoms with Crippen molar-refractivity contribution in [3.63, 3.8) is 0 Å². The lowest BCUT2D eigenvalue weighted by Gasteiger charge is -2.20. The normalized spacial score (nSPS) is 12.3. The number of aldehydes is 1. The third kappa shape index (κ3) is 6.67. The molecule has 0 spiro atoms. The molecule has 1 aromatic carbocycles. The number of benzene rings is 1. The van der Waals surface area contributed by atoms with E-state index in [0.717, 1.165) is 18.3 Å². The van der Waals surface area contributed by atoms with Crippen LogP contribution in [0.2, 0.25) is 0 Å². The van der Waals surface area contributed by atoms with Crippen molar-refractivity contribution < 1.29 is 9.72 Å². The van der Waals surface area contributed by atoms with Gasteiger partial charge in [-0.3, -0.25) is 15.0 Å². The van der Waals surface area contributed by atoms with Gasteiger partial charge in [0.05, 0.1) is 6.54 Å². The van der Waals surface area contributed by atoms with Gasteiger partial charge in [-0.2, -0.15) is 0 Å². The maximum Gasteiger partial charge on any atom is 0.206 e. The van der Waals surface area contributed by atoms with Crippen LogP contribution in [0, 0.1) is 16.0 Å². The van der Waals surface area contributed by atoms with Crippen LogP contribution < -0.4 is 0 Å². The van der Waals surface area contributed by atoms with Crippen molar-refractivity contribution in [3.8, 4) is 0 Å². The molecule has 0 N–H and O–H groups in total. The second-order valence-corrected chi connectivity index (χ2v) is 4.80. The van der Waals surface area contributed by atoms with Crippen LogP contribution in [-0.2, 0) is 11.3 Å². The average molecular weight is 264 g/mol. The van der Waals surface area contributed by atoms with E-state index >= 15 is 0 Å². The minimum Gasteiger partial charge on any atom is -0.302 e. The highest BCUT2D eigenvalue weighted by atomic mass is 16.6. The van der Waals surface area contributed by atoms with E-state index in [4.69, 9.17) is 0 Å². The Hall–Kier alpha value is -1.75. The molecule has 5 heteroatoms. The summed E-state index contributed by atoms with van der Waals surface area (Å²) in [6, 6.07) is 9.90. The Morgan fingerprint density at radius 2 is 2.05 bits per heavy atom. The molecule has 104 valence electrons. The third-order valence-corrected chi connectivity index (χ3v) is 2.98. The van der Waals surface area contributed by atoms with E-state index in [1.807, 2.05) is 42.2 Å². The highest BCUT2D eigenvalue weighted by Crippen LogP contribution is 2.08. The van der Waals surface area contributed by atoms with Crippen LogP contribution in [0.25, 0.3) is 0 Å². The van der Waals surface area contributed by atoms with Gasteiger partial charge >= 0.3 is 0 Å². The molecule has 0 aromatic heterocycles. The fraction of sp³-hybridized carbons (Fsp3) is 0.500. The summed E-state index contributed by atoms with van der Waals surface area (Å²) >= 11 is 0. The van der Waals surface area contributed by atoms with E-state index < -0.39 is 0 Å². The first-order valence-corrected chi connectivity index (χ1v) is 6.43. The first-order chi connectivity index (χ1) is 9.11. The molecule has 0 heterocycles. The molecule has 0 radical (unpaired) electrons. The number of carbonyl (C=O) groups excluding carboxylic acids is 1. The molecular weight excluding hydrogens is 244 g/mol. The Bertz CT molecular complexity index is 395. The van der Waals surface area contributed by atoms with Crippen LogP contribution in [-0.4, -0.2) is 35.7 Å². The summed E-state index contributed by atoms with van der Waals surface area (Å²) in [4.78, 5) is 22.8. The topological polar surface area (TPSA) is 63.5 Å². The van der Waals surface area contributed by atoms with Gasteiger partial charge in [0.2, 0.25) is 6.54 Å². The highest BCUT2D eigenvalue weighted by molar-refractivity contribution is 5.52. The molecule has 0 saturated carbocycles. The van der Waals surface area contributed by atoms with Gasteiger partial charge in [0.25, 0.3) is 0 Å². The van der Waals surface area contributed by atoms with E-state index in [1.165, 1.54) is 0 Å². The van der Waals surface area contributed by atoms with Gasteiger partial charge in [0.1, 0.15) is 6.29 Å². The van der Waals surface area contributed by atoms with Crippen molar-refractivity contribution in [2.45, 2.75) is 19.9 Å². The second-order valence-electron chi connectivity index (χ2n) is 4.80. The molecule has 1 aromatic rings. The molecule has 0 bridgehead atoms. The lowest BCUT2D eigenvalue weighted by molar-refractivity contribution is -0.487. The molecule has 1 unspecified atom stereocenters. The van der Waals surface area contributed by atoms with Crippen molar-refractivity contribution in [1.29, 1.82) is 0 Å². The number of hydrogen-bond acceptors (Lipinski definition) is 4. The molecule has 1 rings (SSSR count). The number of hydrogen-bond donors (Lipinski definition) is 0. The first kappa shape index (κ1) is 15.3. The molecule has 0 aliphatic heterocycles. The average Bonchev–Trinajstić information content (AvgIpc) is 2.37. The van der Waals surface area contributed by atoms with E-state index in [9.17, 15) is 14.9 Å². The standard InChI is InChI=1S/C14H20N2O3/c1-13(11-16(18)19)7-8-15(9-10-17)12-14-5-3-2-4-6-14/h2-6,10,13H,7-9,11-12H2,1H3. The fourth-order valence-electron chi connectivity index (χ4n) is 1.93. The first-order valence-electron chi connectivity index (χ1n) is 6.43. The zero-order valence-electron chi connectivity index (χ0n) is 11.2. The molecule has 19 heavy (non-hydrogen) atoms. The smallest absolute Gasteiger partial charge is 0.206 e. The summed E-state index contributed by atoms with van der Waals surface area (Å²) in [6.07, 6.45) is 1.60. The number of carbonyl (C=O) groups is 1. The van der Waals surface area contributed by atoms with Gasteiger partial charge in [0.15, 0.2) is 0 Å². The zero-order valence-corrected chi connectivity index (χ0v) is 11.2. The van der Waals surface area contributed by atoms with Gasteiger partial charge in [-0.05, 0) is 18.5 Å². The molecular formula is C14H20N2O3. The minimum atomic E-state index is -0.286. The summed E-state index contributed by atoms with van der Waals surface area (Å²) in [5, 5.41) is 10.4. The monoisotopic (exact) mass is 264 g/mol. The summed E-state index contributed by atoms with van der Waals surface area (Å²) < 4.78 is 0. The molecule has 0 saturated heterocycles. The Morgan fingerprint density at radius 1 is 1.37 bits per heavy atom. The Morgan fingerprint density at radius 3 is 2.63 bits per heavy atom. The summed E-state index contributed by atoms with van der Waals surface area (Å²) in [6.45, 7) is 3.61.